The average Bonchev–Trinajstić information content (AvgIpc) is 2.68. The van der Waals surface area contributed by atoms with Crippen molar-refractivity contribution in [3.63, 3.8) is 0 Å². The van der Waals surface area contributed by atoms with Crippen molar-refractivity contribution < 1.29 is 18.9 Å². The molecule has 0 fully saturated rings. The molecule has 1 unspecified atom stereocenters. The molecule has 1 atom stereocenters. The molecule has 0 aliphatic rings. The Kier molecular flexibility index (Phi) is 7.85. The van der Waals surface area contributed by atoms with E-state index >= 15 is 0 Å². The standard InChI is InChI=1S/C21H25FN4O4/c1-13(2)10-18(25-21(28)23-12-15-6-4-14(3)5-7-15)20(27)24-16-8-9-17(22)19(11-16)26(29)30/h4-9,11,13,18H,10,12H2,1-3H3,(H,24,27)(H2,23,25,28). The molecular weight excluding hydrogens is 391 g/mol. The van der Waals surface area contributed by atoms with Gasteiger partial charge in [0.15, 0.2) is 0 Å². The van der Waals surface area contributed by atoms with Crippen LogP contribution in [0.4, 0.5) is 20.6 Å². The highest BCUT2D eigenvalue weighted by Crippen LogP contribution is 2.22. The van der Waals surface area contributed by atoms with Crippen LogP contribution in [0.3, 0.4) is 0 Å². The second kappa shape index (κ2) is 10.3. The normalized spacial score (nSPS) is 11.6. The van der Waals surface area contributed by atoms with Crippen LogP contribution in [0.5, 0.6) is 0 Å². The Bertz CT molecular complexity index is 916. The van der Waals surface area contributed by atoms with Crippen molar-refractivity contribution in [3.05, 3.63) is 69.5 Å². The molecular formula is C21H25FN4O4. The zero-order chi connectivity index (χ0) is 22.3. The van der Waals surface area contributed by atoms with Gasteiger partial charge in [-0.2, -0.15) is 4.39 Å². The highest BCUT2D eigenvalue weighted by molar-refractivity contribution is 5.97. The van der Waals surface area contributed by atoms with E-state index in [-0.39, 0.29) is 11.6 Å². The van der Waals surface area contributed by atoms with Gasteiger partial charge in [0.1, 0.15) is 6.04 Å². The second-order valence-corrected chi connectivity index (χ2v) is 7.41. The predicted molar refractivity (Wildman–Crippen MR) is 111 cm³/mol. The average molecular weight is 416 g/mol. The van der Waals surface area contributed by atoms with Gasteiger partial charge in [-0.1, -0.05) is 43.7 Å². The maximum absolute atomic E-state index is 13.5. The SMILES string of the molecule is Cc1ccc(CNC(=O)NC(CC(C)C)C(=O)Nc2ccc(F)c([N+](=O)[O-])c2)cc1. The monoisotopic (exact) mass is 416 g/mol. The molecule has 2 aromatic rings. The van der Waals surface area contributed by atoms with E-state index in [1.54, 1.807) is 0 Å². The minimum atomic E-state index is -0.995. The number of hydrogen-bond acceptors (Lipinski definition) is 4. The molecule has 0 radical (unpaired) electrons. The van der Waals surface area contributed by atoms with Crippen molar-refractivity contribution in [3.8, 4) is 0 Å². The summed E-state index contributed by atoms with van der Waals surface area (Å²) >= 11 is 0. The molecule has 0 aromatic heterocycles. The molecule has 2 rings (SSSR count). The van der Waals surface area contributed by atoms with Crippen LogP contribution in [0, 0.1) is 28.8 Å². The smallest absolute Gasteiger partial charge is 0.315 e. The first-order chi connectivity index (χ1) is 14.2. The highest BCUT2D eigenvalue weighted by Gasteiger charge is 2.23. The van der Waals surface area contributed by atoms with E-state index in [0.717, 1.165) is 23.3 Å². The molecule has 0 saturated carbocycles. The molecule has 160 valence electrons. The Morgan fingerprint density at radius 1 is 1.13 bits per heavy atom. The Morgan fingerprint density at radius 2 is 1.80 bits per heavy atom. The Labute approximate surface area is 174 Å². The van der Waals surface area contributed by atoms with Gasteiger partial charge >= 0.3 is 11.7 Å². The quantitative estimate of drug-likeness (QED) is 0.447. The number of hydrogen-bond donors (Lipinski definition) is 3. The number of urea groups is 1. The number of aryl methyl sites for hydroxylation is 1. The number of nitrogens with one attached hydrogen (secondary N) is 3. The van der Waals surface area contributed by atoms with Gasteiger partial charge in [-0.05, 0) is 37.0 Å². The molecule has 3 N–H and O–H groups in total. The predicted octanol–water partition coefficient (Wildman–Crippen LogP) is 3.89. The number of amides is 3. The number of anilines is 1. The van der Waals surface area contributed by atoms with Crippen LogP contribution in [0.2, 0.25) is 0 Å². The fourth-order valence-corrected chi connectivity index (χ4v) is 2.76. The van der Waals surface area contributed by atoms with E-state index in [4.69, 9.17) is 0 Å². The lowest BCUT2D eigenvalue weighted by Crippen LogP contribution is -2.48. The first-order valence-electron chi connectivity index (χ1n) is 9.50. The molecule has 30 heavy (non-hydrogen) atoms. The lowest BCUT2D eigenvalue weighted by molar-refractivity contribution is -0.387. The fourth-order valence-electron chi connectivity index (χ4n) is 2.76. The summed E-state index contributed by atoms with van der Waals surface area (Å²) in [6.07, 6.45) is 0.354. The van der Waals surface area contributed by atoms with Crippen LogP contribution in [0.1, 0.15) is 31.4 Å². The van der Waals surface area contributed by atoms with Gasteiger partial charge in [0.05, 0.1) is 4.92 Å². The van der Waals surface area contributed by atoms with Crippen molar-refractivity contribution in [1.29, 1.82) is 0 Å². The van der Waals surface area contributed by atoms with Crippen LogP contribution in [-0.4, -0.2) is 22.9 Å². The van der Waals surface area contributed by atoms with E-state index in [1.165, 1.54) is 6.07 Å². The van der Waals surface area contributed by atoms with Gasteiger partial charge in [-0.15, -0.1) is 0 Å². The molecule has 0 spiro atoms. The second-order valence-electron chi connectivity index (χ2n) is 7.41. The van der Waals surface area contributed by atoms with Gasteiger partial charge in [-0.3, -0.25) is 14.9 Å². The molecule has 3 amide bonds. The van der Waals surface area contributed by atoms with Crippen molar-refractivity contribution >= 4 is 23.3 Å². The topological polar surface area (TPSA) is 113 Å². The van der Waals surface area contributed by atoms with Crippen LogP contribution < -0.4 is 16.0 Å². The van der Waals surface area contributed by atoms with Gasteiger partial charge < -0.3 is 16.0 Å². The molecule has 8 nitrogen and oxygen atoms in total. The van der Waals surface area contributed by atoms with E-state index in [0.29, 0.717) is 13.0 Å². The molecule has 0 heterocycles. The molecule has 0 aliphatic carbocycles. The fraction of sp³-hybridized carbons (Fsp3) is 0.333. The lowest BCUT2D eigenvalue weighted by atomic mass is 10.0. The largest absolute Gasteiger partial charge is 0.334 e. The number of benzene rings is 2. The van der Waals surface area contributed by atoms with Gasteiger partial charge in [-0.25, -0.2) is 4.79 Å². The highest BCUT2D eigenvalue weighted by atomic mass is 19.1. The van der Waals surface area contributed by atoms with Gasteiger partial charge in [0.2, 0.25) is 11.7 Å². The van der Waals surface area contributed by atoms with Crippen molar-refractivity contribution in [2.24, 2.45) is 5.92 Å². The van der Waals surface area contributed by atoms with Gasteiger partial charge in [0.25, 0.3) is 0 Å². The lowest BCUT2D eigenvalue weighted by Gasteiger charge is -2.20. The van der Waals surface area contributed by atoms with Gasteiger partial charge in [0, 0.05) is 18.3 Å². The third-order valence-electron chi connectivity index (χ3n) is 4.31. The summed E-state index contributed by atoms with van der Waals surface area (Å²) in [5, 5.41) is 18.7. The molecule has 2 aromatic carbocycles. The summed E-state index contributed by atoms with van der Waals surface area (Å²) < 4.78 is 13.5. The summed E-state index contributed by atoms with van der Waals surface area (Å²) in [6.45, 7) is 6.06. The third kappa shape index (κ3) is 6.84. The number of nitro groups is 1. The third-order valence-corrected chi connectivity index (χ3v) is 4.31. The number of halogens is 1. The summed E-state index contributed by atoms with van der Waals surface area (Å²) in [4.78, 5) is 34.9. The summed E-state index contributed by atoms with van der Waals surface area (Å²) in [7, 11) is 0. The van der Waals surface area contributed by atoms with E-state index in [1.807, 2.05) is 45.0 Å². The minimum Gasteiger partial charge on any atom is -0.334 e. The van der Waals surface area contributed by atoms with E-state index in [9.17, 15) is 24.1 Å². The van der Waals surface area contributed by atoms with Crippen LogP contribution in [0.15, 0.2) is 42.5 Å². The molecule has 0 bridgehead atoms. The van der Waals surface area contributed by atoms with Crippen molar-refractivity contribution in [2.75, 3.05) is 5.32 Å². The number of carbonyl (C=O) groups is 2. The Balaban J connectivity index is 2.02. The zero-order valence-electron chi connectivity index (χ0n) is 17.1. The van der Waals surface area contributed by atoms with E-state index < -0.39 is 34.4 Å². The maximum atomic E-state index is 13.5. The summed E-state index contributed by atoms with van der Waals surface area (Å²) in [6, 6.07) is 9.37. The molecule has 0 saturated heterocycles. The molecule has 9 heteroatoms. The first kappa shape index (κ1) is 22.8. The number of nitrogens with zero attached hydrogens (tertiary/aromatic N) is 1. The van der Waals surface area contributed by atoms with Crippen LogP contribution >= 0.6 is 0 Å². The first-order valence-corrected chi connectivity index (χ1v) is 9.50. The van der Waals surface area contributed by atoms with E-state index in [2.05, 4.69) is 16.0 Å². The Hall–Kier alpha value is -3.49. The number of carbonyl (C=O) groups excluding carboxylic acids is 2. The van der Waals surface area contributed by atoms with Crippen LogP contribution in [-0.2, 0) is 11.3 Å². The Morgan fingerprint density at radius 3 is 2.40 bits per heavy atom. The van der Waals surface area contributed by atoms with Crippen molar-refractivity contribution in [2.45, 2.75) is 39.8 Å². The van der Waals surface area contributed by atoms with Crippen molar-refractivity contribution in [1.82, 2.24) is 10.6 Å². The summed E-state index contributed by atoms with van der Waals surface area (Å²) in [5.41, 5.74) is 1.36. The number of rotatable bonds is 8. The number of nitro benzene ring substituents is 1. The maximum Gasteiger partial charge on any atom is 0.315 e. The van der Waals surface area contributed by atoms with Crippen LogP contribution in [0.25, 0.3) is 0 Å². The summed E-state index contributed by atoms with van der Waals surface area (Å²) in [5.74, 6) is -1.44. The minimum absolute atomic E-state index is 0.0729. The molecule has 0 aliphatic heterocycles. The zero-order valence-corrected chi connectivity index (χ0v) is 17.1.